The Labute approximate surface area is 113 Å². The molecule has 1 aromatic heterocycles. The topological polar surface area (TPSA) is 25.2 Å². The van der Waals surface area contributed by atoms with Gasteiger partial charge in [0.25, 0.3) is 0 Å². The Morgan fingerprint density at radius 3 is 2.44 bits per heavy atom. The third kappa shape index (κ3) is 3.37. The van der Waals surface area contributed by atoms with Crippen molar-refractivity contribution in [2.75, 3.05) is 0 Å². The number of rotatable bonds is 5. The highest BCUT2D eigenvalue weighted by Crippen LogP contribution is 2.23. The maximum atomic E-state index is 5.92. The number of hydrogen-bond donors (Lipinski definition) is 1. The van der Waals surface area contributed by atoms with Crippen LogP contribution in [0.15, 0.2) is 47.3 Å². The Kier molecular flexibility index (Phi) is 4.45. The maximum Gasteiger partial charge on any atom is 0.0947 e. The standard InChI is InChI=1S/C15H18ClNO/c1-11(2)15(13-3-5-14(16)6-4-13)17-9-12-7-8-18-10-12/h3-8,10-11,15,17H,9H2,1-2H3. The molecule has 0 fully saturated rings. The zero-order valence-electron chi connectivity index (χ0n) is 10.7. The molecule has 2 rings (SSSR count). The van der Waals surface area contributed by atoms with Crippen molar-refractivity contribution in [1.29, 1.82) is 0 Å². The van der Waals surface area contributed by atoms with Crippen molar-refractivity contribution >= 4 is 11.6 Å². The summed E-state index contributed by atoms with van der Waals surface area (Å²) < 4.78 is 5.07. The van der Waals surface area contributed by atoms with Crippen molar-refractivity contribution in [3.8, 4) is 0 Å². The van der Waals surface area contributed by atoms with Gasteiger partial charge in [-0.25, -0.2) is 0 Å². The average Bonchev–Trinajstić information content (AvgIpc) is 2.84. The highest BCUT2D eigenvalue weighted by Gasteiger charge is 2.15. The zero-order valence-corrected chi connectivity index (χ0v) is 11.4. The third-order valence-electron chi connectivity index (χ3n) is 3.00. The fraction of sp³-hybridized carbons (Fsp3) is 0.333. The van der Waals surface area contributed by atoms with E-state index in [2.05, 4.69) is 31.3 Å². The molecule has 2 nitrogen and oxygen atoms in total. The van der Waals surface area contributed by atoms with E-state index in [1.807, 2.05) is 18.2 Å². The Balaban J connectivity index is 2.06. The van der Waals surface area contributed by atoms with Gasteiger partial charge in [-0.15, -0.1) is 0 Å². The summed E-state index contributed by atoms with van der Waals surface area (Å²) in [6.45, 7) is 5.23. The molecule has 18 heavy (non-hydrogen) atoms. The second kappa shape index (κ2) is 6.07. The van der Waals surface area contributed by atoms with Crippen LogP contribution >= 0.6 is 11.6 Å². The molecule has 0 bridgehead atoms. The predicted molar refractivity (Wildman–Crippen MR) is 74.6 cm³/mol. The Morgan fingerprint density at radius 1 is 1.17 bits per heavy atom. The van der Waals surface area contributed by atoms with Gasteiger partial charge in [-0.2, -0.15) is 0 Å². The minimum absolute atomic E-state index is 0.317. The first-order chi connectivity index (χ1) is 8.66. The molecule has 0 amide bonds. The lowest BCUT2D eigenvalue weighted by Gasteiger charge is -2.22. The molecule has 1 aromatic carbocycles. The lowest BCUT2D eigenvalue weighted by molar-refractivity contribution is 0.409. The van der Waals surface area contributed by atoms with E-state index in [1.54, 1.807) is 12.5 Å². The molecule has 96 valence electrons. The monoisotopic (exact) mass is 263 g/mol. The van der Waals surface area contributed by atoms with Crippen molar-refractivity contribution < 1.29 is 4.42 Å². The van der Waals surface area contributed by atoms with Crippen molar-refractivity contribution in [3.63, 3.8) is 0 Å². The highest BCUT2D eigenvalue weighted by molar-refractivity contribution is 6.30. The summed E-state index contributed by atoms with van der Waals surface area (Å²) in [4.78, 5) is 0. The van der Waals surface area contributed by atoms with Crippen molar-refractivity contribution in [2.45, 2.75) is 26.4 Å². The molecule has 0 saturated heterocycles. The highest BCUT2D eigenvalue weighted by atomic mass is 35.5. The molecule has 1 N–H and O–H groups in total. The Hall–Kier alpha value is -1.25. The summed E-state index contributed by atoms with van der Waals surface area (Å²) in [6, 6.07) is 10.3. The SMILES string of the molecule is CC(C)C(NCc1ccoc1)c1ccc(Cl)cc1. The van der Waals surface area contributed by atoms with Gasteiger partial charge in [-0.1, -0.05) is 37.6 Å². The van der Waals surface area contributed by atoms with Crippen LogP contribution in [0, 0.1) is 5.92 Å². The number of nitrogens with one attached hydrogen (secondary N) is 1. The molecule has 0 radical (unpaired) electrons. The van der Waals surface area contributed by atoms with Gasteiger partial charge in [0.05, 0.1) is 12.5 Å². The van der Waals surface area contributed by atoms with Crippen LogP contribution < -0.4 is 5.32 Å². The number of furan rings is 1. The van der Waals surface area contributed by atoms with E-state index in [0.717, 1.165) is 17.1 Å². The fourth-order valence-corrected chi connectivity index (χ4v) is 2.16. The summed E-state index contributed by atoms with van der Waals surface area (Å²) in [7, 11) is 0. The molecule has 1 unspecified atom stereocenters. The Bertz CT molecular complexity index is 462. The quantitative estimate of drug-likeness (QED) is 0.864. The number of benzene rings is 1. The lowest BCUT2D eigenvalue weighted by Crippen LogP contribution is -2.25. The van der Waals surface area contributed by atoms with Crippen LogP contribution in [0.25, 0.3) is 0 Å². The summed E-state index contributed by atoms with van der Waals surface area (Å²) in [5.41, 5.74) is 2.42. The van der Waals surface area contributed by atoms with E-state index in [0.29, 0.717) is 12.0 Å². The van der Waals surface area contributed by atoms with Crippen molar-refractivity contribution in [1.82, 2.24) is 5.32 Å². The van der Waals surface area contributed by atoms with Gasteiger partial charge in [-0.05, 0) is 29.7 Å². The van der Waals surface area contributed by atoms with Gasteiger partial charge in [0.2, 0.25) is 0 Å². The summed E-state index contributed by atoms with van der Waals surface area (Å²) in [6.07, 6.45) is 3.47. The van der Waals surface area contributed by atoms with E-state index in [1.165, 1.54) is 5.56 Å². The smallest absolute Gasteiger partial charge is 0.0947 e. The zero-order chi connectivity index (χ0) is 13.0. The molecule has 0 aliphatic carbocycles. The molecule has 1 heterocycles. The summed E-state index contributed by atoms with van der Waals surface area (Å²) in [5.74, 6) is 0.512. The fourth-order valence-electron chi connectivity index (χ4n) is 2.03. The predicted octanol–water partition coefficient (Wildman–Crippen LogP) is 4.42. The second-order valence-corrected chi connectivity index (χ2v) is 5.22. The van der Waals surface area contributed by atoms with E-state index >= 15 is 0 Å². The normalized spacial score (nSPS) is 12.9. The van der Waals surface area contributed by atoms with Crippen LogP contribution in [0.3, 0.4) is 0 Å². The van der Waals surface area contributed by atoms with Crippen molar-refractivity contribution in [2.24, 2.45) is 5.92 Å². The molecule has 0 spiro atoms. The van der Waals surface area contributed by atoms with Crippen molar-refractivity contribution in [3.05, 3.63) is 59.0 Å². The molecule has 3 heteroatoms. The van der Waals surface area contributed by atoms with Gasteiger partial charge in [0.1, 0.15) is 0 Å². The molecule has 0 aliphatic heterocycles. The van der Waals surface area contributed by atoms with Gasteiger partial charge >= 0.3 is 0 Å². The summed E-state index contributed by atoms with van der Waals surface area (Å²) in [5, 5.41) is 4.33. The van der Waals surface area contributed by atoms with E-state index in [4.69, 9.17) is 16.0 Å². The summed E-state index contributed by atoms with van der Waals surface area (Å²) >= 11 is 5.92. The van der Waals surface area contributed by atoms with Crippen LogP contribution in [-0.4, -0.2) is 0 Å². The van der Waals surface area contributed by atoms with Crippen LogP contribution in [0.2, 0.25) is 5.02 Å². The largest absolute Gasteiger partial charge is 0.472 e. The number of hydrogen-bond acceptors (Lipinski definition) is 2. The van der Waals surface area contributed by atoms with Crippen LogP contribution in [0.4, 0.5) is 0 Å². The van der Waals surface area contributed by atoms with Crippen LogP contribution in [-0.2, 0) is 6.54 Å². The molecule has 0 saturated carbocycles. The van der Waals surface area contributed by atoms with Gasteiger partial charge in [0.15, 0.2) is 0 Å². The Morgan fingerprint density at radius 2 is 1.89 bits per heavy atom. The minimum atomic E-state index is 0.317. The third-order valence-corrected chi connectivity index (χ3v) is 3.25. The minimum Gasteiger partial charge on any atom is -0.472 e. The number of halogens is 1. The van der Waals surface area contributed by atoms with Gasteiger partial charge in [0, 0.05) is 23.2 Å². The molecule has 1 atom stereocenters. The van der Waals surface area contributed by atoms with Gasteiger partial charge in [-0.3, -0.25) is 0 Å². The first-order valence-electron chi connectivity index (χ1n) is 6.16. The molecule has 0 aliphatic rings. The van der Waals surface area contributed by atoms with E-state index in [9.17, 15) is 0 Å². The molecular weight excluding hydrogens is 246 g/mol. The lowest BCUT2D eigenvalue weighted by atomic mass is 9.96. The van der Waals surface area contributed by atoms with Gasteiger partial charge < -0.3 is 9.73 Å². The van der Waals surface area contributed by atoms with E-state index < -0.39 is 0 Å². The first kappa shape index (κ1) is 13.2. The van der Waals surface area contributed by atoms with E-state index in [-0.39, 0.29) is 0 Å². The van der Waals surface area contributed by atoms with Crippen LogP contribution in [0.1, 0.15) is 31.0 Å². The molecular formula is C15H18ClNO. The second-order valence-electron chi connectivity index (χ2n) is 4.79. The average molecular weight is 264 g/mol. The van der Waals surface area contributed by atoms with Crippen LogP contribution in [0.5, 0.6) is 0 Å². The maximum absolute atomic E-state index is 5.92. The first-order valence-corrected chi connectivity index (χ1v) is 6.54. The molecule has 2 aromatic rings.